The first-order valence-corrected chi connectivity index (χ1v) is 11.4. The fourth-order valence-electron chi connectivity index (χ4n) is 5.16. The lowest BCUT2D eigenvalue weighted by Crippen LogP contribution is -2.36. The van der Waals surface area contributed by atoms with E-state index in [0.29, 0.717) is 23.5 Å². The van der Waals surface area contributed by atoms with Crippen molar-refractivity contribution in [3.05, 3.63) is 58.9 Å². The number of hydrogen-bond acceptors (Lipinski definition) is 3. The molecule has 0 saturated heterocycles. The van der Waals surface area contributed by atoms with E-state index < -0.39 is 0 Å². The van der Waals surface area contributed by atoms with Gasteiger partial charge in [0.25, 0.3) is 0 Å². The molecule has 3 heteroatoms. The number of aromatic hydroxyl groups is 1. The van der Waals surface area contributed by atoms with Crippen LogP contribution in [0.5, 0.6) is 11.5 Å². The van der Waals surface area contributed by atoms with Crippen molar-refractivity contribution < 1.29 is 9.84 Å². The lowest BCUT2D eigenvalue weighted by Gasteiger charge is -2.41. The number of fused-ring (bicyclic) bond motifs is 2. The molecule has 2 aliphatic rings. The predicted octanol–water partition coefficient (Wildman–Crippen LogP) is 6.90. The van der Waals surface area contributed by atoms with Crippen molar-refractivity contribution in [2.45, 2.75) is 78.2 Å². The number of hydrogen-bond donors (Lipinski definition) is 1. The van der Waals surface area contributed by atoms with Gasteiger partial charge >= 0.3 is 0 Å². The lowest BCUT2D eigenvalue weighted by atomic mass is 9.74. The Hall–Kier alpha value is -2.29. The van der Waals surface area contributed by atoms with Crippen LogP contribution in [0.2, 0.25) is 0 Å². The third-order valence-corrected chi connectivity index (χ3v) is 7.32. The van der Waals surface area contributed by atoms with Gasteiger partial charge in [-0.2, -0.15) is 0 Å². The Kier molecular flexibility index (Phi) is 5.65. The molecule has 3 atom stereocenters. The van der Waals surface area contributed by atoms with Crippen molar-refractivity contribution in [1.29, 1.82) is 0 Å². The van der Waals surface area contributed by atoms with Gasteiger partial charge in [0.05, 0.1) is 5.56 Å². The van der Waals surface area contributed by atoms with Crippen LogP contribution in [-0.4, -0.2) is 15.7 Å². The topological polar surface area (TPSA) is 42.4 Å². The monoisotopic (exact) mass is 405 g/mol. The quantitative estimate of drug-likeness (QED) is 0.588. The Balaban J connectivity index is 1.60. The van der Waals surface area contributed by atoms with E-state index in [0.717, 1.165) is 42.6 Å². The molecule has 0 saturated carbocycles. The summed E-state index contributed by atoms with van der Waals surface area (Å²) in [6.07, 6.45) is 9.15. The molecule has 30 heavy (non-hydrogen) atoms. The molecule has 1 aromatic carbocycles. The number of rotatable bonds is 5. The fraction of sp³-hybridized carbons (Fsp3) is 0.519. The van der Waals surface area contributed by atoms with Crippen LogP contribution in [0, 0.1) is 11.8 Å². The molecule has 3 nitrogen and oxygen atoms in total. The Morgan fingerprint density at radius 1 is 1.20 bits per heavy atom. The second kappa shape index (κ2) is 8.09. The molecule has 0 fully saturated rings. The van der Waals surface area contributed by atoms with Crippen LogP contribution in [0.25, 0.3) is 5.57 Å². The summed E-state index contributed by atoms with van der Waals surface area (Å²) in [6.45, 7) is 11.2. The van der Waals surface area contributed by atoms with Crippen LogP contribution in [0.3, 0.4) is 0 Å². The maximum absolute atomic E-state index is 11.1. The average Bonchev–Trinajstić information content (AvgIpc) is 2.71. The summed E-state index contributed by atoms with van der Waals surface area (Å²) >= 11 is 0. The van der Waals surface area contributed by atoms with Gasteiger partial charge in [-0.25, -0.2) is 0 Å². The zero-order chi connectivity index (χ0) is 21.5. The first kappa shape index (κ1) is 21.0. The van der Waals surface area contributed by atoms with Crippen LogP contribution in [0.4, 0.5) is 0 Å². The molecule has 0 amide bonds. The minimum absolute atomic E-state index is 0.302. The predicted molar refractivity (Wildman–Crippen MR) is 123 cm³/mol. The van der Waals surface area contributed by atoms with Crippen LogP contribution >= 0.6 is 0 Å². The van der Waals surface area contributed by atoms with Gasteiger partial charge in [-0.1, -0.05) is 20.8 Å². The van der Waals surface area contributed by atoms with Crippen LogP contribution in [0.1, 0.15) is 82.9 Å². The zero-order valence-corrected chi connectivity index (χ0v) is 19.0. The first-order valence-electron chi connectivity index (χ1n) is 11.4. The summed E-state index contributed by atoms with van der Waals surface area (Å²) in [5.41, 5.74) is 5.82. The van der Waals surface area contributed by atoms with Gasteiger partial charge in [-0.05, 0) is 110 Å². The van der Waals surface area contributed by atoms with Crippen LogP contribution in [-0.2, 0) is 6.42 Å². The molecule has 1 aromatic heterocycles. The molecule has 1 aliphatic heterocycles. The number of ether oxygens (including phenoxy) is 1. The normalized spacial score (nSPS) is 22.0. The highest BCUT2D eigenvalue weighted by atomic mass is 16.5. The molecule has 160 valence electrons. The third-order valence-electron chi connectivity index (χ3n) is 7.32. The maximum atomic E-state index is 11.1. The number of pyridine rings is 1. The minimum Gasteiger partial charge on any atom is -0.507 e. The number of phenols is 1. The molecule has 2 heterocycles. The van der Waals surface area contributed by atoms with E-state index >= 15 is 0 Å². The fourth-order valence-corrected chi connectivity index (χ4v) is 5.16. The Morgan fingerprint density at radius 3 is 2.67 bits per heavy atom. The number of allylic oxidation sites excluding steroid dienone is 1. The van der Waals surface area contributed by atoms with Crippen molar-refractivity contribution in [3.8, 4) is 11.5 Å². The Bertz CT molecular complexity index is 945. The number of nitrogens with zero attached hydrogens (tertiary/aromatic N) is 1. The highest BCUT2D eigenvalue weighted by Gasteiger charge is 2.38. The standard InChI is InChI=1S/C27H35NO2/c1-17-6-9-23-22(14-17)26-24(29)15-21(16-25(26)30-27(23,4)5)19(3)18(2)7-8-20-10-12-28-13-11-20/h10-13,15-19,29H,6-9,14H2,1-5H3. The van der Waals surface area contributed by atoms with Gasteiger partial charge < -0.3 is 9.84 Å². The maximum Gasteiger partial charge on any atom is 0.132 e. The van der Waals surface area contributed by atoms with Gasteiger partial charge in [-0.15, -0.1) is 0 Å². The Labute approximate surface area is 181 Å². The van der Waals surface area contributed by atoms with Crippen molar-refractivity contribution in [2.24, 2.45) is 11.8 Å². The molecule has 1 N–H and O–H groups in total. The average molecular weight is 406 g/mol. The second-order valence-electron chi connectivity index (χ2n) is 9.99. The lowest BCUT2D eigenvalue weighted by molar-refractivity contribution is 0.135. The number of aryl methyl sites for hydroxylation is 1. The molecule has 2 aromatic rings. The van der Waals surface area contributed by atoms with E-state index in [9.17, 15) is 5.11 Å². The van der Waals surface area contributed by atoms with Gasteiger partial charge in [0, 0.05) is 12.4 Å². The molecular weight excluding hydrogens is 370 g/mol. The van der Waals surface area contributed by atoms with Crippen molar-refractivity contribution in [1.82, 2.24) is 4.98 Å². The summed E-state index contributed by atoms with van der Waals surface area (Å²) in [6, 6.07) is 8.36. The van der Waals surface area contributed by atoms with E-state index in [4.69, 9.17) is 4.74 Å². The minimum atomic E-state index is -0.302. The van der Waals surface area contributed by atoms with E-state index in [1.165, 1.54) is 23.1 Å². The number of aromatic nitrogens is 1. The molecule has 0 bridgehead atoms. The Morgan fingerprint density at radius 2 is 1.93 bits per heavy atom. The van der Waals surface area contributed by atoms with Crippen molar-refractivity contribution in [3.63, 3.8) is 0 Å². The van der Waals surface area contributed by atoms with Gasteiger partial charge in [0.15, 0.2) is 0 Å². The van der Waals surface area contributed by atoms with Crippen LogP contribution < -0.4 is 4.74 Å². The van der Waals surface area contributed by atoms with Gasteiger partial charge in [0.2, 0.25) is 0 Å². The molecule has 1 aliphatic carbocycles. The van der Waals surface area contributed by atoms with Gasteiger partial charge in [0.1, 0.15) is 17.1 Å². The summed E-state index contributed by atoms with van der Waals surface area (Å²) in [5.74, 6) is 2.73. The van der Waals surface area contributed by atoms with Crippen molar-refractivity contribution >= 4 is 5.57 Å². The third kappa shape index (κ3) is 3.99. The first-order chi connectivity index (χ1) is 14.3. The van der Waals surface area contributed by atoms with E-state index in [1.54, 1.807) is 0 Å². The number of benzene rings is 1. The summed E-state index contributed by atoms with van der Waals surface area (Å²) in [7, 11) is 0. The highest BCUT2D eigenvalue weighted by molar-refractivity contribution is 5.81. The largest absolute Gasteiger partial charge is 0.507 e. The SMILES string of the molecule is CC1CCC2=C(C1)c1c(O)cc(C(C)C(C)CCc3ccncc3)cc1OC2(C)C. The van der Waals surface area contributed by atoms with E-state index in [1.807, 2.05) is 18.5 Å². The second-order valence-corrected chi connectivity index (χ2v) is 9.99. The highest BCUT2D eigenvalue weighted by Crippen LogP contribution is 2.52. The molecule has 0 radical (unpaired) electrons. The van der Waals surface area contributed by atoms with Crippen molar-refractivity contribution in [2.75, 3.05) is 0 Å². The van der Waals surface area contributed by atoms with Crippen LogP contribution in [0.15, 0.2) is 42.2 Å². The van der Waals surface area contributed by atoms with E-state index in [-0.39, 0.29) is 5.60 Å². The van der Waals surface area contributed by atoms with E-state index in [2.05, 4.69) is 57.8 Å². The van der Waals surface area contributed by atoms with Gasteiger partial charge in [-0.3, -0.25) is 4.98 Å². The molecule has 3 unspecified atom stereocenters. The zero-order valence-electron chi connectivity index (χ0n) is 19.0. The summed E-state index contributed by atoms with van der Waals surface area (Å²) in [4.78, 5) is 4.11. The summed E-state index contributed by atoms with van der Waals surface area (Å²) in [5, 5.41) is 11.1. The molecule has 4 rings (SSSR count). The molecular formula is C27H35NO2. The number of phenolic OH excluding ortho intramolecular Hbond substituents is 1. The summed E-state index contributed by atoms with van der Waals surface area (Å²) < 4.78 is 6.48. The smallest absolute Gasteiger partial charge is 0.132 e. The molecule has 0 spiro atoms.